The lowest BCUT2D eigenvalue weighted by atomic mass is 9.94. The summed E-state index contributed by atoms with van der Waals surface area (Å²) in [4.78, 5) is 0. The van der Waals surface area contributed by atoms with E-state index in [0.29, 0.717) is 0 Å². The van der Waals surface area contributed by atoms with E-state index in [1.807, 2.05) is 0 Å². The molecule has 20 aromatic carbocycles. The first kappa shape index (κ1) is 63.3. The largest absolute Gasteiger partial charge is 0.309 e. The molecule has 0 spiro atoms. The summed E-state index contributed by atoms with van der Waals surface area (Å²) in [5.41, 5.74) is 36.0. The molecule has 0 N–H and O–H groups in total. The highest BCUT2D eigenvalue weighted by atomic mass is 15.0. The lowest BCUT2D eigenvalue weighted by molar-refractivity contribution is 1.18. The SMILES string of the molecule is c1ccc(-c2cccc(-n3c4ccccc4c4cc(-c5ccc6c(c5)c5ccc(-c7ccc8c9cc(-c%10ccc%11c(c%10)c%10ccccc%10n%11-c%10c%11c%12c(cccc%12c%12ccccc%10%12)-c%10ccccc%10-%11)ccc9n(-c9cccc(-c%10ccccc%10)c9)c8c7)cc5n6-c5ccc6c(c5)-c5cc7ccccc7c7cccc-6c57)ccc43)c2)cc1. The molecule has 0 aliphatic heterocycles. The zero-order valence-electron chi connectivity index (χ0n) is 62.9. The summed E-state index contributed by atoms with van der Waals surface area (Å²) in [6, 6.07) is 151. The molecule has 116 heavy (non-hydrogen) atoms. The molecule has 4 aromatic heterocycles. The molecule has 24 aromatic rings. The van der Waals surface area contributed by atoms with Gasteiger partial charge in [0, 0.05) is 76.5 Å². The zero-order chi connectivity index (χ0) is 75.5. The number of para-hydroxylation sites is 2. The van der Waals surface area contributed by atoms with E-state index >= 15 is 0 Å². The molecule has 2 aliphatic rings. The average molecular weight is 1470 g/mol. The van der Waals surface area contributed by atoms with E-state index in [4.69, 9.17) is 0 Å². The molecule has 0 atom stereocenters. The van der Waals surface area contributed by atoms with Gasteiger partial charge in [-0.2, -0.15) is 0 Å². The van der Waals surface area contributed by atoms with E-state index in [9.17, 15) is 0 Å². The van der Waals surface area contributed by atoms with Crippen molar-refractivity contribution in [2.24, 2.45) is 0 Å². The fourth-order valence-electron chi connectivity index (χ4n) is 20.7. The minimum Gasteiger partial charge on any atom is -0.309 e. The van der Waals surface area contributed by atoms with Crippen LogP contribution in [0, 0.1) is 0 Å². The molecule has 0 bridgehead atoms. The summed E-state index contributed by atoms with van der Waals surface area (Å²) in [5.74, 6) is 0. The van der Waals surface area contributed by atoms with E-state index in [2.05, 4.69) is 419 Å². The highest BCUT2D eigenvalue weighted by Gasteiger charge is 2.31. The Bertz CT molecular complexity index is 8450. The summed E-state index contributed by atoms with van der Waals surface area (Å²) < 4.78 is 10.0. The predicted octanol–water partition coefficient (Wildman–Crippen LogP) is 30.3. The van der Waals surface area contributed by atoms with Gasteiger partial charge in [-0.25, -0.2) is 0 Å². The van der Waals surface area contributed by atoms with Gasteiger partial charge in [0.25, 0.3) is 0 Å². The third-order valence-electron chi connectivity index (χ3n) is 25.8. The molecule has 0 amide bonds. The van der Waals surface area contributed by atoms with Crippen LogP contribution in [-0.2, 0) is 0 Å². The lowest BCUT2D eigenvalue weighted by Crippen LogP contribution is -1.99. The van der Waals surface area contributed by atoms with Gasteiger partial charge in [0.2, 0.25) is 0 Å². The van der Waals surface area contributed by atoms with Crippen LogP contribution in [0.15, 0.2) is 400 Å². The Morgan fingerprint density at radius 1 is 0.138 bits per heavy atom. The quantitative estimate of drug-likeness (QED) is 0.128. The summed E-state index contributed by atoms with van der Waals surface area (Å²) >= 11 is 0. The Kier molecular flexibility index (Phi) is 13.1. The maximum Gasteiger partial charge on any atom is 0.0625 e. The molecular formula is C112H66N4. The van der Waals surface area contributed by atoms with Crippen molar-refractivity contribution in [2.45, 2.75) is 0 Å². The maximum atomic E-state index is 2.57. The number of rotatable bonds is 9. The van der Waals surface area contributed by atoms with Crippen LogP contribution in [0.25, 0.3) is 253 Å². The number of benzene rings is 20. The molecule has 0 fully saturated rings. The summed E-state index contributed by atoms with van der Waals surface area (Å²) in [6.45, 7) is 0. The minimum absolute atomic E-state index is 1.11. The van der Waals surface area contributed by atoms with Crippen LogP contribution in [-0.4, -0.2) is 18.3 Å². The monoisotopic (exact) mass is 1470 g/mol. The molecule has 0 saturated carbocycles. The highest BCUT2D eigenvalue weighted by Crippen LogP contribution is 2.56. The van der Waals surface area contributed by atoms with Gasteiger partial charge in [0.1, 0.15) is 0 Å². The van der Waals surface area contributed by atoms with Crippen molar-refractivity contribution in [1.29, 1.82) is 0 Å². The smallest absolute Gasteiger partial charge is 0.0625 e. The first-order chi connectivity index (χ1) is 57.5. The summed E-state index contributed by atoms with van der Waals surface area (Å²) in [7, 11) is 0. The molecule has 534 valence electrons. The number of aromatic nitrogens is 4. The Morgan fingerprint density at radius 3 is 1.07 bits per heavy atom. The average Bonchev–Trinajstić information content (AvgIpc) is 1.59. The van der Waals surface area contributed by atoms with Gasteiger partial charge in [0.15, 0.2) is 0 Å². The second-order valence-corrected chi connectivity index (χ2v) is 31.7. The topological polar surface area (TPSA) is 19.7 Å². The molecule has 4 heterocycles. The fraction of sp³-hybridized carbons (Fsp3) is 0. The second-order valence-electron chi connectivity index (χ2n) is 31.7. The van der Waals surface area contributed by atoms with Crippen LogP contribution < -0.4 is 0 Å². The maximum absolute atomic E-state index is 2.57. The molecule has 4 heteroatoms. The van der Waals surface area contributed by atoms with Gasteiger partial charge >= 0.3 is 0 Å². The molecule has 0 radical (unpaired) electrons. The molecule has 0 saturated heterocycles. The van der Waals surface area contributed by atoms with Gasteiger partial charge in [-0.3, -0.25) is 0 Å². The Morgan fingerprint density at radius 2 is 0.500 bits per heavy atom. The van der Waals surface area contributed by atoms with Crippen molar-refractivity contribution < 1.29 is 0 Å². The molecule has 26 rings (SSSR count). The summed E-state index contributed by atoms with van der Waals surface area (Å²) in [5, 5.41) is 20.0. The fourth-order valence-corrected chi connectivity index (χ4v) is 20.7. The number of hydrogen-bond donors (Lipinski definition) is 0. The standard InChI is InChI=1S/C112H66N4/c1-3-21-67(22-4-1)69-26-17-28-78(57-69)113-101-41-15-13-33-85(101)96-59-71(45-53-103(96)113)72-47-55-105-99(62-72)88-51-44-76(65-108(88)115(105)80-49-52-84-90-38-19-37-89-81-30-8-7-25-77(81)63-100(109(89)90)95(84)66-80)75-43-50-87-98-61-73(46-54-104(98)114(107(87)64-75)79-29-18-27-70(58-79)68-23-5-2-6-24-68)74-48-56-106-97(60-74)86-34-14-16-42-102(86)116(106)112-94-36-12-10-32-83(94)92-40-20-39-91-82-31-9-11-35-93(82)111(112)110(91)92/h1-66H. The van der Waals surface area contributed by atoms with Crippen molar-refractivity contribution >= 4 is 130 Å². The van der Waals surface area contributed by atoms with Crippen LogP contribution in [0.1, 0.15) is 0 Å². The third-order valence-corrected chi connectivity index (χ3v) is 25.8. The molecule has 2 aliphatic carbocycles. The van der Waals surface area contributed by atoms with Crippen LogP contribution in [0.5, 0.6) is 0 Å². The highest BCUT2D eigenvalue weighted by molar-refractivity contribution is 6.29. The van der Waals surface area contributed by atoms with Gasteiger partial charge in [0.05, 0.1) is 49.8 Å². The van der Waals surface area contributed by atoms with E-state index in [0.717, 1.165) is 50.3 Å². The minimum atomic E-state index is 1.11. The van der Waals surface area contributed by atoms with Crippen molar-refractivity contribution in [3.05, 3.63) is 400 Å². The van der Waals surface area contributed by atoms with Gasteiger partial charge in [-0.05, 0) is 242 Å². The van der Waals surface area contributed by atoms with E-state index < -0.39 is 0 Å². The molecular weight excluding hydrogens is 1400 g/mol. The Labute approximate surface area is 667 Å². The third kappa shape index (κ3) is 9.03. The van der Waals surface area contributed by atoms with Crippen LogP contribution in [0.3, 0.4) is 0 Å². The first-order valence-electron chi connectivity index (χ1n) is 40.3. The van der Waals surface area contributed by atoms with Crippen LogP contribution >= 0.6 is 0 Å². The van der Waals surface area contributed by atoms with Crippen molar-refractivity contribution in [3.8, 4) is 123 Å². The normalized spacial score (nSPS) is 12.3. The zero-order valence-corrected chi connectivity index (χ0v) is 62.9. The molecule has 0 unspecified atom stereocenters. The predicted molar refractivity (Wildman–Crippen MR) is 490 cm³/mol. The first-order valence-corrected chi connectivity index (χ1v) is 40.3. The van der Waals surface area contributed by atoms with E-state index in [1.165, 1.54) is 203 Å². The van der Waals surface area contributed by atoms with Gasteiger partial charge in [-0.15, -0.1) is 0 Å². The van der Waals surface area contributed by atoms with Crippen LogP contribution in [0.4, 0.5) is 0 Å². The van der Waals surface area contributed by atoms with Crippen molar-refractivity contribution in [1.82, 2.24) is 18.3 Å². The van der Waals surface area contributed by atoms with Crippen molar-refractivity contribution in [2.75, 3.05) is 0 Å². The van der Waals surface area contributed by atoms with E-state index in [1.54, 1.807) is 0 Å². The lowest BCUT2D eigenvalue weighted by Gasteiger charge is -2.18. The number of nitrogens with zero attached hydrogens (tertiary/aromatic N) is 4. The van der Waals surface area contributed by atoms with E-state index in [-0.39, 0.29) is 0 Å². The van der Waals surface area contributed by atoms with Crippen LogP contribution in [0.2, 0.25) is 0 Å². The number of hydrogen-bond acceptors (Lipinski definition) is 0. The Balaban J connectivity index is 0.648. The number of fused-ring (bicyclic) bond motifs is 22. The summed E-state index contributed by atoms with van der Waals surface area (Å²) in [6.07, 6.45) is 0. The second kappa shape index (κ2) is 24.1. The van der Waals surface area contributed by atoms with Crippen molar-refractivity contribution in [3.63, 3.8) is 0 Å². The Hall–Kier alpha value is -15.4. The molecule has 4 nitrogen and oxygen atoms in total. The van der Waals surface area contributed by atoms with Gasteiger partial charge < -0.3 is 18.3 Å². The van der Waals surface area contributed by atoms with Gasteiger partial charge in [-0.1, -0.05) is 285 Å².